The second kappa shape index (κ2) is 8.28. The standard InChI is InChI=1S/C23H30N2O3S/c1-17-7-5-6-8-21(17)29(27,28)25-15-13-18(14-16-25)22(26)24-20-11-9-19(10-12-20)23(2,3)4/h5-12,18H,13-16H2,1-4H3,(H,24,26). The van der Waals surface area contributed by atoms with Crippen LogP contribution in [0.4, 0.5) is 5.69 Å². The maximum atomic E-state index is 12.9. The van der Waals surface area contributed by atoms with Crippen molar-refractivity contribution in [1.82, 2.24) is 4.31 Å². The molecule has 1 aliphatic heterocycles. The van der Waals surface area contributed by atoms with Crippen LogP contribution in [-0.4, -0.2) is 31.7 Å². The number of nitrogens with one attached hydrogen (secondary N) is 1. The highest BCUT2D eigenvalue weighted by Crippen LogP contribution is 2.27. The average Bonchev–Trinajstić information content (AvgIpc) is 2.68. The number of amides is 1. The van der Waals surface area contributed by atoms with Crippen LogP contribution in [0.25, 0.3) is 0 Å². The van der Waals surface area contributed by atoms with Crippen molar-refractivity contribution in [3.8, 4) is 0 Å². The van der Waals surface area contributed by atoms with E-state index in [1.165, 1.54) is 9.87 Å². The predicted octanol–water partition coefficient (Wildman–Crippen LogP) is 4.33. The average molecular weight is 415 g/mol. The molecule has 29 heavy (non-hydrogen) atoms. The van der Waals surface area contributed by atoms with Crippen LogP contribution in [0.5, 0.6) is 0 Å². The zero-order chi connectivity index (χ0) is 21.2. The molecule has 1 aliphatic rings. The predicted molar refractivity (Wildman–Crippen MR) is 116 cm³/mol. The van der Waals surface area contributed by atoms with Gasteiger partial charge in [0.05, 0.1) is 4.90 Å². The first-order chi connectivity index (χ1) is 13.6. The van der Waals surface area contributed by atoms with Crippen molar-refractivity contribution in [2.45, 2.75) is 50.8 Å². The van der Waals surface area contributed by atoms with Crippen LogP contribution in [-0.2, 0) is 20.2 Å². The molecular weight excluding hydrogens is 384 g/mol. The van der Waals surface area contributed by atoms with E-state index in [9.17, 15) is 13.2 Å². The molecule has 0 aromatic heterocycles. The van der Waals surface area contributed by atoms with Crippen LogP contribution in [0, 0.1) is 12.8 Å². The lowest BCUT2D eigenvalue weighted by atomic mass is 9.87. The zero-order valence-electron chi connectivity index (χ0n) is 17.6. The van der Waals surface area contributed by atoms with E-state index < -0.39 is 10.0 Å². The van der Waals surface area contributed by atoms with Crippen molar-refractivity contribution in [3.05, 3.63) is 59.7 Å². The molecule has 1 saturated heterocycles. The van der Waals surface area contributed by atoms with Gasteiger partial charge in [-0.3, -0.25) is 4.79 Å². The summed E-state index contributed by atoms with van der Waals surface area (Å²) in [6.45, 7) is 8.98. The second-order valence-electron chi connectivity index (χ2n) is 8.76. The molecule has 6 heteroatoms. The van der Waals surface area contributed by atoms with Gasteiger partial charge in [-0.1, -0.05) is 51.1 Å². The van der Waals surface area contributed by atoms with Gasteiger partial charge in [-0.15, -0.1) is 0 Å². The largest absolute Gasteiger partial charge is 0.326 e. The Bertz CT molecular complexity index is 968. The van der Waals surface area contributed by atoms with E-state index in [0.717, 1.165) is 11.3 Å². The van der Waals surface area contributed by atoms with Crippen molar-refractivity contribution in [3.63, 3.8) is 0 Å². The molecule has 3 rings (SSSR count). The third kappa shape index (κ3) is 4.87. The van der Waals surface area contributed by atoms with E-state index in [1.807, 2.05) is 30.3 Å². The summed E-state index contributed by atoms with van der Waals surface area (Å²) in [5.41, 5.74) is 2.80. The SMILES string of the molecule is Cc1ccccc1S(=O)(=O)N1CCC(C(=O)Nc2ccc(C(C)(C)C)cc2)CC1. The van der Waals surface area contributed by atoms with E-state index in [0.29, 0.717) is 30.8 Å². The number of sulfonamides is 1. The first-order valence-corrected chi connectivity index (χ1v) is 11.5. The molecule has 156 valence electrons. The van der Waals surface area contributed by atoms with Gasteiger partial charge in [0.25, 0.3) is 0 Å². The van der Waals surface area contributed by atoms with Crippen LogP contribution in [0.15, 0.2) is 53.4 Å². The molecule has 0 aliphatic carbocycles. The Morgan fingerprint density at radius 2 is 1.59 bits per heavy atom. The number of piperidine rings is 1. The summed E-state index contributed by atoms with van der Waals surface area (Å²) in [6, 6.07) is 14.9. The van der Waals surface area contributed by atoms with Crippen molar-refractivity contribution >= 4 is 21.6 Å². The number of carbonyl (C=O) groups is 1. The van der Waals surface area contributed by atoms with Crippen LogP contribution in [0.1, 0.15) is 44.7 Å². The number of rotatable bonds is 4. The smallest absolute Gasteiger partial charge is 0.243 e. The Morgan fingerprint density at radius 1 is 1.00 bits per heavy atom. The van der Waals surface area contributed by atoms with Crippen LogP contribution >= 0.6 is 0 Å². The van der Waals surface area contributed by atoms with Gasteiger partial charge in [-0.05, 0) is 54.5 Å². The molecule has 0 bridgehead atoms. The van der Waals surface area contributed by atoms with Crippen LogP contribution in [0.3, 0.4) is 0 Å². The highest BCUT2D eigenvalue weighted by Gasteiger charge is 2.32. The lowest BCUT2D eigenvalue weighted by Gasteiger charge is -2.31. The highest BCUT2D eigenvalue weighted by atomic mass is 32.2. The zero-order valence-corrected chi connectivity index (χ0v) is 18.4. The van der Waals surface area contributed by atoms with E-state index in [4.69, 9.17) is 0 Å². The lowest BCUT2D eigenvalue weighted by Crippen LogP contribution is -2.41. The quantitative estimate of drug-likeness (QED) is 0.810. The van der Waals surface area contributed by atoms with Gasteiger partial charge in [0.15, 0.2) is 0 Å². The number of aryl methyl sites for hydroxylation is 1. The molecular formula is C23H30N2O3S. The molecule has 0 unspecified atom stereocenters. The molecule has 2 aromatic carbocycles. The molecule has 1 fully saturated rings. The molecule has 0 radical (unpaired) electrons. The maximum Gasteiger partial charge on any atom is 0.243 e. The Morgan fingerprint density at radius 3 is 2.14 bits per heavy atom. The number of nitrogens with zero attached hydrogens (tertiary/aromatic N) is 1. The minimum atomic E-state index is -3.52. The molecule has 0 spiro atoms. The molecule has 5 nitrogen and oxygen atoms in total. The minimum absolute atomic E-state index is 0.0403. The maximum absolute atomic E-state index is 12.9. The normalized spacial score (nSPS) is 16.6. The van der Waals surface area contributed by atoms with E-state index in [2.05, 4.69) is 26.1 Å². The third-order valence-electron chi connectivity index (χ3n) is 5.55. The van der Waals surface area contributed by atoms with Gasteiger partial charge >= 0.3 is 0 Å². The van der Waals surface area contributed by atoms with Gasteiger partial charge in [-0.25, -0.2) is 8.42 Å². The van der Waals surface area contributed by atoms with Gasteiger partial charge in [0, 0.05) is 24.7 Å². The highest BCUT2D eigenvalue weighted by molar-refractivity contribution is 7.89. The number of hydrogen-bond acceptors (Lipinski definition) is 3. The van der Waals surface area contributed by atoms with Gasteiger partial charge in [0.1, 0.15) is 0 Å². The van der Waals surface area contributed by atoms with Gasteiger partial charge in [0.2, 0.25) is 15.9 Å². The number of carbonyl (C=O) groups excluding carboxylic acids is 1. The fraction of sp³-hybridized carbons (Fsp3) is 0.435. The van der Waals surface area contributed by atoms with E-state index >= 15 is 0 Å². The fourth-order valence-corrected chi connectivity index (χ4v) is 5.34. The Balaban J connectivity index is 1.60. The number of benzene rings is 2. The van der Waals surface area contributed by atoms with Crippen molar-refractivity contribution in [2.24, 2.45) is 5.92 Å². The first-order valence-electron chi connectivity index (χ1n) is 10.1. The van der Waals surface area contributed by atoms with E-state index in [1.54, 1.807) is 25.1 Å². The summed E-state index contributed by atoms with van der Waals surface area (Å²) >= 11 is 0. The van der Waals surface area contributed by atoms with Gasteiger partial charge in [-0.2, -0.15) is 4.31 Å². The lowest BCUT2D eigenvalue weighted by molar-refractivity contribution is -0.120. The molecule has 0 saturated carbocycles. The van der Waals surface area contributed by atoms with Crippen molar-refractivity contribution in [1.29, 1.82) is 0 Å². The van der Waals surface area contributed by atoms with Crippen molar-refractivity contribution in [2.75, 3.05) is 18.4 Å². The van der Waals surface area contributed by atoms with Crippen LogP contribution in [0.2, 0.25) is 0 Å². The summed E-state index contributed by atoms with van der Waals surface area (Å²) in [4.78, 5) is 13.0. The minimum Gasteiger partial charge on any atom is -0.326 e. The topological polar surface area (TPSA) is 66.5 Å². The summed E-state index contributed by atoms with van der Waals surface area (Å²) in [5.74, 6) is -0.220. The summed E-state index contributed by atoms with van der Waals surface area (Å²) in [7, 11) is -3.52. The molecule has 2 aromatic rings. The monoisotopic (exact) mass is 414 g/mol. The first kappa shape index (κ1) is 21.5. The fourth-order valence-electron chi connectivity index (χ4n) is 3.64. The number of hydrogen-bond donors (Lipinski definition) is 1. The number of anilines is 1. The summed E-state index contributed by atoms with van der Waals surface area (Å²) in [5, 5.41) is 2.98. The summed E-state index contributed by atoms with van der Waals surface area (Å²) in [6.07, 6.45) is 1.05. The Kier molecular flexibility index (Phi) is 6.15. The molecule has 0 atom stereocenters. The second-order valence-corrected chi connectivity index (χ2v) is 10.7. The Hall–Kier alpha value is -2.18. The Labute approximate surface area is 174 Å². The third-order valence-corrected chi connectivity index (χ3v) is 7.61. The van der Waals surface area contributed by atoms with Gasteiger partial charge < -0.3 is 5.32 Å². The molecule has 1 amide bonds. The molecule has 1 N–H and O–H groups in total. The molecule has 1 heterocycles. The summed E-state index contributed by atoms with van der Waals surface area (Å²) < 4.78 is 27.3. The van der Waals surface area contributed by atoms with Crippen molar-refractivity contribution < 1.29 is 13.2 Å². The van der Waals surface area contributed by atoms with Crippen LogP contribution < -0.4 is 5.32 Å². The van der Waals surface area contributed by atoms with E-state index in [-0.39, 0.29) is 17.2 Å².